The van der Waals surface area contributed by atoms with E-state index >= 15 is 0 Å². The summed E-state index contributed by atoms with van der Waals surface area (Å²) in [6, 6.07) is 11.5. The average molecular weight is 363 g/mol. The molecule has 0 fully saturated rings. The number of methoxy groups -OCH3 is 1. The van der Waals surface area contributed by atoms with Gasteiger partial charge in [-0.25, -0.2) is 0 Å². The van der Waals surface area contributed by atoms with E-state index in [0.29, 0.717) is 18.7 Å². The van der Waals surface area contributed by atoms with Crippen molar-refractivity contribution in [1.82, 2.24) is 9.78 Å². The Morgan fingerprint density at radius 3 is 2.93 bits per heavy atom. The van der Waals surface area contributed by atoms with Gasteiger partial charge in [-0.05, 0) is 47.9 Å². The number of nitrogens with zero attached hydrogens (tertiary/aromatic N) is 2. The Morgan fingerprint density at radius 2 is 2.19 bits per heavy atom. The molecule has 6 nitrogen and oxygen atoms in total. The van der Waals surface area contributed by atoms with E-state index in [9.17, 15) is 9.90 Å². The van der Waals surface area contributed by atoms with E-state index in [-0.39, 0.29) is 17.6 Å². The van der Waals surface area contributed by atoms with Gasteiger partial charge in [0.2, 0.25) is 5.91 Å². The standard InChI is InChI=1S/C21H21N3O3/c1-13-8-17-16(10-21(26)23-18(17)11-19(13)25)14-4-5-20(27-2)15(9-14)12-24-7-3-6-22-24/h3-9,11,16,25H,10,12H2,1-2H3,(H,23,26). The lowest BCUT2D eigenvalue weighted by atomic mass is 9.83. The number of phenols is 1. The predicted octanol–water partition coefficient (Wildman–Crippen LogP) is 3.43. The molecule has 2 heterocycles. The van der Waals surface area contributed by atoms with Gasteiger partial charge >= 0.3 is 0 Å². The maximum Gasteiger partial charge on any atom is 0.225 e. The number of aromatic nitrogens is 2. The Balaban J connectivity index is 1.77. The minimum Gasteiger partial charge on any atom is -0.508 e. The number of nitrogens with one attached hydrogen (secondary N) is 1. The number of aryl methyl sites for hydroxylation is 1. The molecule has 138 valence electrons. The molecule has 3 aromatic rings. The first kappa shape index (κ1) is 17.1. The number of carbonyl (C=O) groups is 1. The summed E-state index contributed by atoms with van der Waals surface area (Å²) in [5.41, 5.74) is 4.52. The van der Waals surface area contributed by atoms with Crippen molar-refractivity contribution in [3.8, 4) is 11.5 Å². The van der Waals surface area contributed by atoms with Gasteiger partial charge in [-0.15, -0.1) is 0 Å². The molecule has 0 radical (unpaired) electrons. The third-order valence-corrected chi connectivity index (χ3v) is 5.01. The van der Waals surface area contributed by atoms with Crippen molar-refractivity contribution in [2.45, 2.75) is 25.8 Å². The van der Waals surface area contributed by atoms with Crippen LogP contribution in [0, 0.1) is 6.92 Å². The molecule has 0 spiro atoms. The summed E-state index contributed by atoms with van der Waals surface area (Å²) in [7, 11) is 1.65. The number of ether oxygens (including phenoxy) is 1. The molecule has 1 aliphatic rings. The van der Waals surface area contributed by atoms with Crippen LogP contribution < -0.4 is 10.1 Å². The van der Waals surface area contributed by atoms with Crippen LogP contribution in [0.15, 0.2) is 48.8 Å². The normalized spacial score (nSPS) is 15.9. The Kier molecular flexibility index (Phi) is 4.32. The molecule has 0 saturated heterocycles. The summed E-state index contributed by atoms with van der Waals surface area (Å²) in [5.74, 6) is 0.843. The van der Waals surface area contributed by atoms with E-state index in [4.69, 9.17) is 4.74 Å². The van der Waals surface area contributed by atoms with E-state index in [1.807, 2.05) is 42.1 Å². The largest absolute Gasteiger partial charge is 0.508 e. The molecule has 6 heteroatoms. The number of hydrogen-bond acceptors (Lipinski definition) is 4. The number of phenolic OH excluding ortho intramolecular Hbond substituents is 1. The number of amides is 1. The molecule has 0 bridgehead atoms. The lowest BCUT2D eigenvalue weighted by molar-refractivity contribution is -0.116. The molecule has 4 rings (SSSR count). The highest BCUT2D eigenvalue weighted by Crippen LogP contribution is 2.41. The number of rotatable bonds is 4. The van der Waals surface area contributed by atoms with Crippen LogP contribution in [0.5, 0.6) is 11.5 Å². The van der Waals surface area contributed by atoms with Crippen LogP contribution in [0.2, 0.25) is 0 Å². The Bertz CT molecular complexity index is 996. The molecule has 1 amide bonds. The summed E-state index contributed by atoms with van der Waals surface area (Å²) in [6.45, 7) is 2.45. The first-order valence-corrected chi connectivity index (χ1v) is 8.82. The maximum absolute atomic E-state index is 12.2. The summed E-state index contributed by atoms with van der Waals surface area (Å²) in [6.07, 6.45) is 4.01. The van der Waals surface area contributed by atoms with Gasteiger partial charge < -0.3 is 15.2 Å². The van der Waals surface area contributed by atoms with Crippen molar-refractivity contribution in [2.75, 3.05) is 12.4 Å². The first-order valence-electron chi connectivity index (χ1n) is 8.82. The van der Waals surface area contributed by atoms with E-state index < -0.39 is 0 Å². The van der Waals surface area contributed by atoms with E-state index in [0.717, 1.165) is 28.0 Å². The zero-order valence-electron chi connectivity index (χ0n) is 15.3. The van der Waals surface area contributed by atoms with Gasteiger partial charge in [-0.3, -0.25) is 9.48 Å². The molecule has 1 aliphatic heterocycles. The number of aromatic hydroxyl groups is 1. The second-order valence-electron chi connectivity index (χ2n) is 6.81. The van der Waals surface area contributed by atoms with Crippen molar-refractivity contribution >= 4 is 11.6 Å². The van der Waals surface area contributed by atoms with Gasteiger partial charge in [0.25, 0.3) is 0 Å². The van der Waals surface area contributed by atoms with Gasteiger partial charge in [0.1, 0.15) is 11.5 Å². The van der Waals surface area contributed by atoms with Crippen molar-refractivity contribution in [3.05, 3.63) is 71.0 Å². The fourth-order valence-corrected chi connectivity index (χ4v) is 3.62. The summed E-state index contributed by atoms with van der Waals surface area (Å²) in [4.78, 5) is 12.2. The molecule has 1 unspecified atom stereocenters. The first-order chi connectivity index (χ1) is 13.0. The minimum atomic E-state index is -0.0738. The lowest BCUT2D eigenvalue weighted by Crippen LogP contribution is -2.23. The van der Waals surface area contributed by atoms with E-state index in [1.54, 1.807) is 19.4 Å². The average Bonchev–Trinajstić information content (AvgIpc) is 3.15. The van der Waals surface area contributed by atoms with Crippen LogP contribution in [-0.2, 0) is 11.3 Å². The van der Waals surface area contributed by atoms with Crippen molar-refractivity contribution in [1.29, 1.82) is 0 Å². The fourth-order valence-electron chi connectivity index (χ4n) is 3.62. The Morgan fingerprint density at radius 1 is 1.33 bits per heavy atom. The number of hydrogen-bond donors (Lipinski definition) is 2. The van der Waals surface area contributed by atoms with Gasteiger partial charge in [-0.1, -0.05) is 6.07 Å². The Hall–Kier alpha value is -3.28. The molecule has 0 aliphatic carbocycles. The SMILES string of the molecule is COc1ccc(C2CC(=O)Nc3cc(O)c(C)cc32)cc1Cn1cccn1. The van der Waals surface area contributed by atoms with Crippen LogP contribution in [0.4, 0.5) is 5.69 Å². The highest BCUT2D eigenvalue weighted by atomic mass is 16.5. The minimum absolute atomic E-state index is 0.0554. The van der Waals surface area contributed by atoms with Crippen LogP contribution >= 0.6 is 0 Å². The molecular formula is C21H21N3O3. The maximum atomic E-state index is 12.2. The lowest BCUT2D eigenvalue weighted by Gasteiger charge is -2.27. The smallest absolute Gasteiger partial charge is 0.225 e. The fraction of sp³-hybridized carbons (Fsp3) is 0.238. The third kappa shape index (κ3) is 3.26. The van der Waals surface area contributed by atoms with Crippen LogP contribution in [0.25, 0.3) is 0 Å². The Labute approximate surface area is 157 Å². The zero-order valence-corrected chi connectivity index (χ0v) is 15.3. The van der Waals surface area contributed by atoms with E-state index in [1.165, 1.54) is 0 Å². The second kappa shape index (κ2) is 6.79. The molecule has 0 saturated carbocycles. The predicted molar refractivity (Wildman–Crippen MR) is 102 cm³/mol. The second-order valence-corrected chi connectivity index (χ2v) is 6.81. The van der Waals surface area contributed by atoms with E-state index in [2.05, 4.69) is 16.5 Å². The summed E-state index contributed by atoms with van der Waals surface area (Å²) < 4.78 is 7.35. The van der Waals surface area contributed by atoms with Crippen LogP contribution in [0.3, 0.4) is 0 Å². The zero-order chi connectivity index (χ0) is 19.0. The number of carbonyl (C=O) groups excluding carboxylic acids is 1. The number of fused-ring (bicyclic) bond motifs is 1. The number of anilines is 1. The molecule has 1 aromatic heterocycles. The number of benzene rings is 2. The van der Waals surface area contributed by atoms with Crippen LogP contribution in [0.1, 0.15) is 34.6 Å². The monoisotopic (exact) mass is 363 g/mol. The van der Waals surface area contributed by atoms with Crippen molar-refractivity contribution < 1.29 is 14.6 Å². The highest BCUT2D eigenvalue weighted by Gasteiger charge is 2.28. The highest BCUT2D eigenvalue weighted by molar-refractivity contribution is 5.95. The van der Waals surface area contributed by atoms with Crippen molar-refractivity contribution in [3.63, 3.8) is 0 Å². The molecule has 1 atom stereocenters. The van der Waals surface area contributed by atoms with Gasteiger partial charge in [-0.2, -0.15) is 5.10 Å². The molecule has 2 N–H and O–H groups in total. The summed E-state index contributed by atoms with van der Waals surface area (Å²) in [5, 5.41) is 17.1. The van der Waals surface area contributed by atoms with Gasteiger partial charge in [0.05, 0.1) is 13.7 Å². The third-order valence-electron chi connectivity index (χ3n) is 5.01. The topological polar surface area (TPSA) is 76.4 Å². The molecule has 27 heavy (non-hydrogen) atoms. The van der Waals surface area contributed by atoms with Gasteiger partial charge in [0, 0.05) is 42.0 Å². The van der Waals surface area contributed by atoms with Crippen LogP contribution in [-0.4, -0.2) is 27.9 Å². The molecule has 2 aromatic carbocycles. The quantitative estimate of drug-likeness (QED) is 0.745. The summed E-state index contributed by atoms with van der Waals surface area (Å²) >= 11 is 0. The van der Waals surface area contributed by atoms with Gasteiger partial charge in [0.15, 0.2) is 0 Å². The molecular weight excluding hydrogens is 342 g/mol. The van der Waals surface area contributed by atoms with Crippen molar-refractivity contribution in [2.24, 2.45) is 0 Å².